The van der Waals surface area contributed by atoms with Crippen LogP contribution in [0, 0.1) is 18.3 Å². The van der Waals surface area contributed by atoms with Gasteiger partial charge >= 0.3 is 6.18 Å². The van der Waals surface area contributed by atoms with Gasteiger partial charge in [0.25, 0.3) is 5.91 Å². The molecule has 2 N–H and O–H groups in total. The van der Waals surface area contributed by atoms with Crippen molar-refractivity contribution in [2.24, 2.45) is 11.3 Å². The summed E-state index contributed by atoms with van der Waals surface area (Å²) < 4.78 is 84.1. The molecule has 1 aromatic carbocycles. The molecule has 42 heavy (non-hydrogen) atoms. The van der Waals surface area contributed by atoms with Gasteiger partial charge in [-0.15, -0.1) is 0 Å². The molecule has 1 saturated carbocycles. The van der Waals surface area contributed by atoms with Crippen molar-refractivity contribution in [3.63, 3.8) is 0 Å². The standard InChI is InChI=1S/C30H40F3N3O5S/c1-20-24(28(37)35-23-10-12-40-13-11-23)15-26(36(20)16-21-6-4-3-5-7-21)22-8-9-27(25(14-22)30(31,32)33)42(38,39)34-17-29(2)18-41-19-29/h8-9,14-15,21,23,34H,3-7,10-13,16-19H2,1-2H3,(H,35,37). The van der Waals surface area contributed by atoms with Crippen molar-refractivity contribution in [1.82, 2.24) is 14.6 Å². The van der Waals surface area contributed by atoms with Gasteiger partial charge in [0.15, 0.2) is 0 Å². The molecule has 3 aliphatic rings. The molecular weight excluding hydrogens is 571 g/mol. The molecule has 8 nitrogen and oxygen atoms in total. The molecular formula is C30H40F3N3O5S. The first-order chi connectivity index (χ1) is 19.9. The lowest BCUT2D eigenvalue weighted by atomic mass is 9.89. The molecule has 12 heteroatoms. The molecule has 2 saturated heterocycles. The first kappa shape index (κ1) is 31.0. The summed E-state index contributed by atoms with van der Waals surface area (Å²) >= 11 is 0. The van der Waals surface area contributed by atoms with Crippen molar-refractivity contribution in [3.05, 3.63) is 41.1 Å². The summed E-state index contributed by atoms with van der Waals surface area (Å²) in [7, 11) is -4.45. The Morgan fingerprint density at radius 2 is 1.74 bits per heavy atom. The fourth-order valence-corrected chi connectivity index (χ4v) is 7.53. The van der Waals surface area contributed by atoms with Gasteiger partial charge in [0.05, 0.1) is 29.2 Å². The van der Waals surface area contributed by atoms with E-state index in [9.17, 15) is 26.4 Å². The van der Waals surface area contributed by atoms with E-state index in [0.717, 1.165) is 44.2 Å². The van der Waals surface area contributed by atoms with Crippen LogP contribution in [0.25, 0.3) is 11.3 Å². The smallest absolute Gasteiger partial charge is 0.381 e. The van der Waals surface area contributed by atoms with Gasteiger partial charge in [-0.1, -0.05) is 32.3 Å². The normalized spacial score (nSPS) is 20.3. The first-order valence-corrected chi connectivity index (χ1v) is 16.2. The quantitative estimate of drug-likeness (QED) is 0.402. The number of benzene rings is 1. The number of alkyl halides is 3. The topological polar surface area (TPSA) is 98.7 Å². The van der Waals surface area contributed by atoms with Gasteiger partial charge in [-0.05, 0) is 62.3 Å². The Balaban J connectivity index is 1.51. The Morgan fingerprint density at radius 1 is 1.05 bits per heavy atom. The highest BCUT2D eigenvalue weighted by atomic mass is 32.2. The third-order valence-corrected chi connectivity index (χ3v) is 10.3. The first-order valence-electron chi connectivity index (χ1n) is 14.7. The van der Waals surface area contributed by atoms with E-state index in [0.29, 0.717) is 68.7 Å². The molecule has 2 aliphatic heterocycles. The summed E-state index contributed by atoms with van der Waals surface area (Å²) in [5.41, 5.74) is 0.0863. The Hall–Kier alpha value is -2.41. The van der Waals surface area contributed by atoms with E-state index >= 15 is 0 Å². The Kier molecular flexibility index (Phi) is 9.08. The number of hydrogen-bond donors (Lipinski definition) is 2. The number of sulfonamides is 1. The SMILES string of the molecule is Cc1c(C(=O)NC2CCOCC2)cc(-c2ccc(S(=O)(=O)NCC3(C)COC3)c(C(F)(F)F)c2)n1CC1CCCCC1. The second-order valence-corrected chi connectivity index (χ2v) is 14.1. The van der Waals surface area contributed by atoms with Crippen molar-refractivity contribution >= 4 is 15.9 Å². The van der Waals surface area contributed by atoms with E-state index in [1.807, 2.05) is 18.4 Å². The van der Waals surface area contributed by atoms with Crippen LogP contribution in [0.2, 0.25) is 0 Å². The zero-order chi connectivity index (χ0) is 30.1. The van der Waals surface area contributed by atoms with Gasteiger partial charge in [0.1, 0.15) is 0 Å². The molecule has 0 atom stereocenters. The highest BCUT2D eigenvalue weighted by molar-refractivity contribution is 7.89. The summed E-state index contributed by atoms with van der Waals surface area (Å²) in [4.78, 5) is 12.6. The zero-order valence-corrected chi connectivity index (χ0v) is 25.0. The highest BCUT2D eigenvalue weighted by Gasteiger charge is 2.40. The predicted molar refractivity (Wildman–Crippen MR) is 152 cm³/mol. The lowest BCUT2D eigenvalue weighted by molar-refractivity contribution is -0.139. The van der Waals surface area contributed by atoms with Gasteiger partial charge in [0, 0.05) is 49.1 Å². The van der Waals surface area contributed by atoms with Crippen LogP contribution in [0.3, 0.4) is 0 Å². The summed E-state index contributed by atoms with van der Waals surface area (Å²) in [6, 6.07) is 4.94. The highest BCUT2D eigenvalue weighted by Crippen LogP contribution is 2.39. The number of aromatic nitrogens is 1. The molecule has 2 aromatic rings. The van der Waals surface area contributed by atoms with Crippen molar-refractivity contribution in [1.29, 1.82) is 0 Å². The molecule has 0 radical (unpaired) electrons. The number of amides is 1. The number of ether oxygens (including phenoxy) is 2. The van der Waals surface area contributed by atoms with E-state index in [4.69, 9.17) is 9.47 Å². The van der Waals surface area contributed by atoms with Crippen LogP contribution >= 0.6 is 0 Å². The van der Waals surface area contributed by atoms with E-state index in [-0.39, 0.29) is 24.1 Å². The van der Waals surface area contributed by atoms with E-state index < -0.39 is 32.1 Å². The summed E-state index contributed by atoms with van der Waals surface area (Å²) in [5, 5.41) is 3.06. The molecule has 3 heterocycles. The number of carbonyl (C=O) groups is 1. The van der Waals surface area contributed by atoms with Crippen molar-refractivity contribution in [3.8, 4) is 11.3 Å². The average Bonchev–Trinajstić information content (AvgIpc) is 3.27. The Morgan fingerprint density at radius 3 is 2.36 bits per heavy atom. The number of carbonyl (C=O) groups excluding carboxylic acids is 1. The molecule has 0 spiro atoms. The van der Waals surface area contributed by atoms with E-state index in [1.54, 1.807) is 6.07 Å². The molecule has 5 rings (SSSR count). The van der Waals surface area contributed by atoms with Gasteiger partial charge in [0.2, 0.25) is 10.0 Å². The minimum absolute atomic E-state index is 0.0244. The summed E-state index contributed by atoms with van der Waals surface area (Å²) in [6.07, 6.45) is 1.88. The van der Waals surface area contributed by atoms with Crippen LogP contribution in [0.1, 0.15) is 73.5 Å². The summed E-state index contributed by atoms with van der Waals surface area (Å²) in [6.45, 7) is 5.99. The average molecular weight is 612 g/mol. The lowest BCUT2D eigenvalue weighted by Crippen LogP contribution is -2.48. The number of hydrogen-bond acceptors (Lipinski definition) is 5. The maximum absolute atomic E-state index is 14.4. The monoisotopic (exact) mass is 611 g/mol. The molecule has 3 fully saturated rings. The minimum atomic E-state index is -4.91. The lowest BCUT2D eigenvalue weighted by Gasteiger charge is -2.38. The Bertz CT molecular complexity index is 1390. The number of halogens is 3. The fraction of sp³-hybridized carbons (Fsp3) is 0.633. The number of nitrogens with zero attached hydrogens (tertiary/aromatic N) is 1. The molecule has 1 aromatic heterocycles. The number of nitrogens with one attached hydrogen (secondary N) is 2. The Labute approximate surface area is 245 Å². The van der Waals surface area contributed by atoms with Crippen molar-refractivity contribution in [2.45, 2.75) is 82.5 Å². The van der Waals surface area contributed by atoms with Gasteiger partial charge < -0.3 is 19.4 Å². The van der Waals surface area contributed by atoms with Gasteiger partial charge in [-0.25, -0.2) is 13.1 Å². The van der Waals surface area contributed by atoms with Gasteiger partial charge in [-0.3, -0.25) is 4.79 Å². The summed E-state index contributed by atoms with van der Waals surface area (Å²) in [5.74, 6) is 0.0775. The van der Waals surface area contributed by atoms with Crippen LogP contribution in [0.15, 0.2) is 29.2 Å². The van der Waals surface area contributed by atoms with Crippen LogP contribution in [0.5, 0.6) is 0 Å². The maximum Gasteiger partial charge on any atom is 0.417 e. The van der Waals surface area contributed by atoms with E-state index in [2.05, 4.69) is 10.0 Å². The molecule has 0 unspecified atom stereocenters. The molecule has 232 valence electrons. The number of rotatable bonds is 9. The fourth-order valence-electron chi connectivity index (χ4n) is 6.13. The minimum Gasteiger partial charge on any atom is -0.381 e. The second kappa shape index (κ2) is 12.3. The van der Waals surface area contributed by atoms with Crippen LogP contribution in [0.4, 0.5) is 13.2 Å². The maximum atomic E-state index is 14.4. The third-order valence-electron chi connectivity index (χ3n) is 8.79. The molecule has 1 amide bonds. The molecule has 0 bridgehead atoms. The van der Waals surface area contributed by atoms with Gasteiger partial charge in [-0.2, -0.15) is 13.2 Å². The predicted octanol–water partition coefficient (Wildman–Crippen LogP) is 5.29. The largest absolute Gasteiger partial charge is 0.417 e. The van der Waals surface area contributed by atoms with Crippen LogP contribution < -0.4 is 10.0 Å². The van der Waals surface area contributed by atoms with E-state index in [1.165, 1.54) is 6.07 Å². The van der Waals surface area contributed by atoms with Crippen LogP contribution in [-0.2, 0) is 32.2 Å². The van der Waals surface area contributed by atoms with Crippen LogP contribution in [-0.4, -0.2) is 57.9 Å². The third kappa shape index (κ3) is 6.87. The van der Waals surface area contributed by atoms with Crippen molar-refractivity contribution < 1.29 is 35.9 Å². The molecule has 1 aliphatic carbocycles. The zero-order valence-electron chi connectivity index (χ0n) is 24.2. The second-order valence-electron chi connectivity index (χ2n) is 12.3. The van der Waals surface area contributed by atoms with Crippen molar-refractivity contribution in [2.75, 3.05) is 33.0 Å².